The Kier molecular flexibility index (Phi) is 15.8. The first kappa shape index (κ1) is 49.3. The highest BCUT2D eigenvalue weighted by molar-refractivity contribution is 7.91. The molecule has 5 N–H and O–H groups in total. The number of carbonyl (C=O) groups excluding carboxylic acids is 2. The van der Waals surface area contributed by atoms with E-state index in [0.717, 1.165) is 22.5 Å². The maximum absolute atomic E-state index is 14.5. The van der Waals surface area contributed by atoms with Crippen LogP contribution in [0, 0.1) is 25.5 Å². The third-order valence-corrected chi connectivity index (χ3v) is 14.6. The number of aryl methyl sites for hydroxylation is 2. The maximum atomic E-state index is 14.5. The van der Waals surface area contributed by atoms with Gasteiger partial charge in [0.25, 0.3) is 11.8 Å². The molecule has 1 heterocycles. The minimum Gasteiger partial charge on any atom is -0.494 e. The Morgan fingerprint density at radius 3 is 1.76 bits per heavy atom. The van der Waals surface area contributed by atoms with E-state index in [-0.39, 0.29) is 64.3 Å². The number of benzene rings is 6. The zero-order valence-corrected chi connectivity index (χ0v) is 39.3. The summed E-state index contributed by atoms with van der Waals surface area (Å²) in [5.74, 6) is -0.278. The number of ether oxygens (including phenoxy) is 1. The van der Waals surface area contributed by atoms with E-state index in [4.69, 9.17) is 10.5 Å². The molecule has 0 saturated carbocycles. The van der Waals surface area contributed by atoms with Gasteiger partial charge in [0.1, 0.15) is 11.6 Å². The number of fused-ring (bicyclic) bond motifs is 1. The first-order valence-electron chi connectivity index (χ1n) is 21.3. The van der Waals surface area contributed by atoms with Crippen molar-refractivity contribution in [2.45, 2.75) is 63.7 Å². The Balaban J connectivity index is 0.000000221. The molecule has 350 valence electrons. The van der Waals surface area contributed by atoms with E-state index in [1.54, 1.807) is 112 Å². The van der Waals surface area contributed by atoms with Gasteiger partial charge in [-0.05, 0) is 97.3 Å². The van der Waals surface area contributed by atoms with Crippen LogP contribution in [0.2, 0.25) is 0 Å². The molecule has 0 aliphatic heterocycles. The van der Waals surface area contributed by atoms with Crippen molar-refractivity contribution in [2.75, 3.05) is 29.7 Å². The minimum absolute atomic E-state index is 0.0316. The average molecular weight is 951 g/mol. The molecule has 0 atom stereocenters. The molecule has 7 rings (SSSR count). The van der Waals surface area contributed by atoms with Gasteiger partial charge in [-0.15, -0.1) is 0 Å². The van der Waals surface area contributed by atoms with Crippen LogP contribution in [0.5, 0.6) is 5.75 Å². The second kappa shape index (κ2) is 21.5. The van der Waals surface area contributed by atoms with Crippen LogP contribution in [0.25, 0.3) is 11.0 Å². The Morgan fingerprint density at radius 2 is 1.21 bits per heavy atom. The van der Waals surface area contributed by atoms with Crippen molar-refractivity contribution >= 4 is 53.9 Å². The number of carbonyl (C=O) groups is 2. The van der Waals surface area contributed by atoms with E-state index >= 15 is 0 Å². The molecule has 67 heavy (non-hydrogen) atoms. The Labute approximate surface area is 389 Å². The van der Waals surface area contributed by atoms with Crippen molar-refractivity contribution in [2.24, 2.45) is 0 Å². The molecule has 0 bridgehead atoms. The van der Waals surface area contributed by atoms with Crippen LogP contribution < -0.4 is 26.4 Å². The maximum Gasteiger partial charge on any atom is 0.251 e. The monoisotopic (exact) mass is 950 g/mol. The van der Waals surface area contributed by atoms with Crippen LogP contribution in [0.3, 0.4) is 0 Å². The number of halogens is 2. The van der Waals surface area contributed by atoms with Crippen molar-refractivity contribution in [1.82, 2.24) is 20.2 Å². The standard InChI is InChI=1S/C26H26FN3O3S.C24H26FN3O4S/c1-4-34(32,33)22-11-8-19(9-12-22)15-28-26(31)20-10-13-24-23(14-20)29-18(3)30(24)16-21-7-5-6-17(2)25(21)27;1-3-33(30,31)19-10-7-16(8-11-19)14-28-24(29)17-9-12-21(20(26)13-17)27-15-18-5-4-6-22(32-2)23(18)25/h5-14H,4,15-16H2,1-3H3,(H,28,31);4-13,27H,3,14-15,26H2,1-2H3,(H,28,29). The van der Waals surface area contributed by atoms with Gasteiger partial charge in [-0.1, -0.05) is 68.4 Å². The lowest BCUT2D eigenvalue weighted by Crippen LogP contribution is -2.23. The summed E-state index contributed by atoms with van der Waals surface area (Å²) < 4.78 is 83.3. The van der Waals surface area contributed by atoms with E-state index in [0.29, 0.717) is 51.3 Å². The van der Waals surface area contributed by atoms with Crippen LogP contribution in [0.1, 0.15) is 68.2 Å². The van der Waals surface area contributed by atoms with E-state index < -0.39 is 25.5 Å². The lowest BCUT2D eigenvalue weighted by molar-refractivity contribution is 0.0943. The lowest BCUT2D eigenvalue weighted by atomic mass is 10.1. The zero-order chi connectivity index (χ0) is 48.5. The number of imidazole rings is 1. The largest absolute Gasteiger partial charge is 0.494 e. The van der Waals surface area contributed by atoms with Gasteiger partial charge < -0.3 is 31.0 Å². The number of aromatic nitrogens is 2. The molecule has 0 unspecified atom stereocenters. The molecule has 13 nitrogen and oxygen atoms in total. The summed E-state index contributed by atoms with van der Waals surface area (Å²) in [4.78, 5) is 30.3. The third-order valence-electron chi connectivity index (χ3n) is 11.1. The predicted molar refractivity (Wildman–Crippen MR) is 257 cm³/mol. The predicted octanol–water partition coefficient (Wildman–Crippen LogP) is 8.32. The second-order valence-electron chi connectivity index (χ2n) is 15.5. The molecule has 7 aromatic rings. The molecule has 0 saturated heterocycles. The number of anilines is 2. The quantitative estimate of drug-likeness (QED) is 0.0686. The number of rotatable bonds is 16. The highest BCUT2D eigenvalue weighted by Crippen LogP contribution is 2.25. The van der Waals surface area contributed by atoms with Gasteiger partial charge in [-0.2, -0.15) is 0 Å². The Morgan fingerprint density at radius 1 is 0.672 bits per heavy atom. The molecular weight excluding hydrogens is 899 g/mol. The van der Waals surface area contributed by atoms with Crippen LogP contribution >= 0.6 is 0 Å². The first-order chi connectivity index (χ1) is 31.9. The molecular formula is C50H52F2N6O7S2. The summed E-state index contributed by atoms with van der Waals surface area (Å²) in [7, 11) is -5.11. The van der Waals surface area contributed by atoms with Gasteiger partial charge >= 0.3 is 0 Å². The van der Waals surface area contributed by atoms with Crippen LogP contribution in [0.4, 0.5) is 20.2 Å². The zero-order valence-electron chi connectivity index (χ0n) is 37.7. The number of nitrogen functional groups attached to an aromatic ring is 1. The average Bonchev–Trinajstić information content (AvgIpc) is 3.64. The molecule has 0 aliphatic rings. The van der Waals surface area contributed by atoms with Gasteiger partial charge in [0, 0.05) is 41.9 Å². The molecule has 1 aromatic heterocycles. The van der Waals surface area contributed by atoms with E-state index in [9.17, 15) is 35.2 Å². The second-order valence-corrected chi connectivity index (χ2v) is 20.1. The normalized spacial score (nSPS) is 11.4. The number of amides is 2. The Hall–Kier alpha value is -7.11. The van der Waals surface area contributed by atoms with Gasteiger partial charge in [0.15, 0.2) is 31.2 Å². The molecule has 2 amide bonds. The smallest absolute Gasteiger partial charge is 0.251 e. The minimum atomic E-state index is -3.26. The molecule has 6 aromatic carbocycles. The van der Waals surface area contributed by atoms with Gasteiger partial charge in [-0.3, -0.25) is 9.59 Å². The highest BCUT2D eigenvalue weighted by atomic mass is 32.2. The first-order valence-corrected chi connectivity index (χ1v) is 24.6. The van der Waals surface area contributed by atoms with Crippen molar-refractivity contribution in [1.29, 1.82) is 0 Å². The van der Waals surface area contributed by atoms with Gasteiger partial charge in [0.2, 0.25) is 0 Å². The molecule has 0 fully saturated rings. The third kappa shape index (κ3) is 12.0. The molecule has 0 aliphatic carbocycles. The van der Waals surface area contributed by atoms with Crippen LogP contribution in [0.15, 0.2) is 131 Å². The van der Waals surface area contributed by atoms with E-state index in [1.807, 2.05) is 23.6 Å². The fourth-order valence-electron chi connectivity index (χ4n) is 7.03. The topological polar surface area (TPSA) is 192 Å². The number of nitrogens with zero attached hydrogens (tertiary/aromatic N) is 2. The fourth-order valence-corrected chi connectivity index (χ4v) is 8.80. The van der Waals surface area contributed by atoms with Crippen molar-refractivity contribution in [3.05, 3.63) is 178 Å². The van der Waals surface area contributed by atoms with Crippen molar-refractivity contribution in [3.8, 4) is 5.75 Å². The lowest BCUT2D eigenvalue weighted by Gasteiger charge is -2.13. The van der Waals surface area contributed by atoms with E-state index in [2.05, 4.69) is 20.9 Å². The summed E-state index contributed by atoms with van der Waals surface area (Å²) in [6.07, 6.45) is 0. The summed E-state index contributed by atoms with van der Waals surface area (Å²) in [6.45, 7) is 7.84. The number of nitrogens with two attached hydrogens (primary N) is 1. The SMILES string of the molecule is CCS(=O)(=O)c1ccc(CNC(=O)c2ccc(NCc3cccc(OC)c3F)c(N)c2)cc1.CCS(=O)(=O)c1ccc(CNC(=O)c2ccc3c(c2)nc(C)n3Cc2cccc(C)c2F)cc1. The summed E-state index contributed by atoms with van der Waals surface area (Å²) >= 11 is 0. The van der Waals surface area contributed by atoms with Crippen molar-refractivity contribution in [3.63, 3.8) is 0 Å². The van der Waals surface area contributed by atoms with Crippen molar-refractivity contribution < 1.29 is 39.9 Å². The number of sulfone groups is 2. The summed E-state index contributed by atoms with van der Waals surface area (Å²) in [6, 6.07) is 33.2. The molecule has 0 radical (unpaired) electrons. The van der Waals surface area contributed by atoms with Crippen LogP contribution in [-0.4, -0.2) is 56.8 Å². The fraction of sp³-hybridized carbons (Fsp3) is 0.220. The number of methoxy groups -OCH3 is 1. The number of hydrogen-bond acceptors (Lipinski definition) is 10. The highest BCUT2D eigenvalue weighted by Gasteiger charge is 2.17. The van der Waals surface area contributed by atoms with E-state index in [1.165, 1.54) is 25.3 Å². The van der Waals surface area contributed by atoms with Gasteiger partial charge in [-0.25, -0.2) is 30.6 Å². The summed E-state index contributed by atoms with van der Waals surface area (Å²) in [5.41, 5.74) is 12.5. The van der Waals surface area contributed by atoms with Gasteiger partial charge in [0.05, 0.1) is 57.4 Å². The molecule has 17 heteroatoms. The Bertz CT molecular complexity index is 3140. The number of hydrogen-bond donors (Lipinski definition) is 4. The molecule has 0 spiro atoms. The van der Waals surface area contributed by atoms with Crippen LogP contribution in [-0.2, 0) is 45.9 Å². The number of nitrogens with one attached hydrogen (secondary N) is 3. The summed E-state index contributed by atoms with van der Waals surface area (Å²) in [5, 5.41) is 8.70.